The van der Waals surface area contributed by atoms with E-state index in [0.29, 0.717) is 30.4 Å². The minimum Gasteiger partial charge on any atom is -0.312 e. The van der Waals surface area contributed by atoms with Crippen molar-refractivity contribution in [2.75, 3.05) is 13.1 Å². The monoisotopic (exact) mass is 412 g/mol. The van der Waals surface area contributed by atoms with E-state index in [2.05, 4.69) is 0 Å². The van der Waals surface area contributed by atoms with Crippen molar-refractivity contribution in [1.29, 1.82) is 0 Å². The van der Waals surface area contributed by atoms with Crippen LogP contribution in [0.2, 0.25) is 0 Å². The number of pyridine rings is 1. The van der Waals surface area contributed by atoms with Crippen molar-refractivity contribution in [3.63, 3.8) is 0 Å². The standard InChI is InChI=1S/C23H28N2O3S/c26-22-12-11-21(18-7-3-1-4-8-18)23-19-13-17(15-25(22)23)14-24(16-19)29(27,28)20-9-5-2-6-10-20/h2,5-6,9-12,17-19H,1,3-4,7-8,13-16H2. The summed E-state index contributed by atoms with van der Waals surface area (Å²) in [6, 6.07) is 12.5. The number of benzene rings is 1. The number of sulfonamides is 1. The van der Waals surface area contributed by atoms with E-state index in [0.717, 1.165) is 12.1 Å². The van der Waals surface area contributed by atoms with Gasteiger partial charge in [0.25, 0.3) is 5.56 Å². The van der Waals surface area contributed by atoms with Gasteiger partial charge in [0.15, 0.2) is 0 Å². The second-order valence-corrected chi connectivity index (χ2v) is 10.8. The van der Waals surface area contributed by atoms with Gasteiger partial charge in [-0.25, -0.2) is 8.42 Å². The van der Waals surface area contributed by atoms with E-state index in [9.17, 15) is 13.2 Å². The molecule has 29 heavy (non-hydrogen) atoms. The lowest BCUT2D eigenvalue weighted by atomic mass is 9.77. The summed E-state index contributed by atoms with van der Waals surface area (Å²) in [4.78, 5) is 13.0. The van der Waals surface area contributed by atoms with Gasteiger partial charge in [0.2, 0.25) is 10.0 Å². The van der Waals surface area contributed by atoms with Gasteiger partial charge in [-0.2, -0.15) is 4.31 Å². The van der Waals surface area contributed by atoms with E-state index in [1.165, 1.54) is 37.7 Å². The van der Waals surface area contributed by atoms with E-state index in [1.807, 2.05) is 16.7 Å². The van der Waals surface area contributed by atoms with Crippen LogP contribution < -0.4 is 5.56 Å². The Kier molecular flexibility index (Phi) is 4.87. The Morgan fingerprint density at radius 3 is 2.34 bits per heavy atom. The zero-order chi connectivity index (χ0) is 20.0. The highest BCUT2D eigenvalue weighted by Crippen LogP contribution is 2.43. The molecule has 0 N–H and O–H groups in total. The number of hydrogen-bond acceptors (Lipinski definition) is 3. The molecule has 0 amide bonds. The van der Waals surface area contributed by atoms with Crippen LogP contribution in [-0.4, -0.2) is 30.4 Å². The van der Waals surface area contributed by atoms with Gasteiger partial charge in [-0.1, -0.05) is 43.5 Å². The molecule has 3 heterocycles. The Bertz CT molecular complexity index is 1060. The largest absolute Gasteiger partial charge is 0.312 e. The van der Waals surface area contributed by atoms with Crippen molar-refractivity contribution in [3.05, 3.63) is 64.1 Å². The SMILES string of the molecule is O=c1ccc(C2CCCCC2)c2n1CC1CC2CN(S(=O)(=O)c2ccccc2)C1. The molecule has 154 valence electrons. The van der Waals surface area contributed by atoms with Gasteiger partial charge in [-0.3, -0.25) is 4.79 Å². The normalized spacial score (nSPS) is 25.5. The lowest BCUT2D eigenvalue weighted by molar-refractivity contribution is 0.184. The highest BCUT2D eigenvalue weighted by Gasteiger charge is 2.41. The molecule has 5 rings (SSSR count). The molecular formula is C23H28N2O3S. The van der Waals surface area contributed by atoms with Gasteiger partial charge in [-0.15, -0.1) is 0 Å². The average molecular weight is 413 g/mol. The number of piperidine rings is 1. The first-order chi connectivity index (χ1) is 14.0. The predicted molar refractivity (Wildman–Crippen MR) is 113 cm³/mol. The van der Waals surface area contributed by atoms with E-state index in [-0.39, 0.29) is 17.4 Å². The maximum Gasteiger partial charge on any atom is 0.250 e. The van der Waals surface area contributed by atoms with Gasteiger partial charge < -0.3 is 4.57 Å². The molecule has 6 heteroatoms. The summed E-state index contributed by atoms with van der Waals surface area (Å²) in [5.74, 6) is 0.800. The van der Waals surface area contributed by atoms with Crippen LogP contribution >= 0.6 is 0 Å². The Morgan fingerprint density at radius 1 is 0.828 bits per heavy atom. The fraction of sp³-hybridized carbons (Fsp3) is 0.522. The molecule has 2 fully saturated rings. The first-order valence-electron chi connectivity index (χ1n) is 10.8. The second-order valence-electron chi connectivity index (χ2n) is 8.89. The number of rotatable bonds is 3. The summed E-state index contributed by atoms with van der Waals surface area (Å²) in [6.45, 7) is 1.59. The van der Waals surface area contributed by atoms with E-state index >= 15 is 0 Å². The van der Waals surface area contributed by atoms with Crippen molar-refractivity contribution >= 4 is 10.0 Å². The molecule has 5 nitrogen and oxygen atoms in total. The summed E-state index contributed by atoms with van der Waals surface area (Å²) in [5.41, 5.74) is 2.48. The Hall–Kier alpha value is -1.92. The lowest BCUT2D eigenvalue weighted by Gasteiger charge is -2.43. The van der Waals surface area contributed by atoms with Gasteiger partial charge in [-0.05, 0) is 48.8 Å². The Balaban J connectivity index is 1.53. The molecule has 1 aliphatic carbocycles. The third kappa shape index (κ3) is 3.36. The van der Waals surface area contributed by atoms with Crippen LogP contribution in [0, 0.1) is 5.92 Å². The molecule has 0 spiro atoms. The van der Waals surface area contributed by atoms with Crippen molar-refractivity contribution in [2.24, 2.45) is 5.92 Å². The summed E-state index contributed by atoms with van der Waals surface area (Å²) < 4.78 is 30.1. The molecule has 2 unspecified atom stereocenters. The van der Waals surface area contributed by atoms with Crippen molar-refractivity contribution in [3.8, 4) is 0 Å². The highest BCUT2D eigenvalue weighted by molar-refractivity contribution is 7.89. The maximum atomic E-state index is 13.2. The minimum absolute atomic E-state index is 0.0635. The predicted octanol–water partition coefficient (Wildman–Crippen LogP) is 3.70. The number of aromatic nitrogens is 1. The van der Waals surface area contributed by atoms with Crippen LogP contribution in [0.5, 0.6) is 0 Å². The van der Waals surface area contributed by atoms with Crippen LogP contribution in [0.4, 0.5) is 0 Å². The maximum absolute atomic E-state index is 13.2. The van der Waals surface area contributed by atoms with Gasteiger partial charge in [0, 0.05) is 37.3 Å². The molecule has 2 aliphatic heterocycles. The third-order valence-corrected chi connectivity index (χ3v) is 8.86. The lowest BCUT2D eigenvalue weighted by Crippen LogP contribution is -2.49. The van der Waals surface area contributed by atoms with Crippen LogP contribution in [0.1, 0.15) is 61.6 Å². The van der Waals surface area contributed by atoms with Crippen molar-refractivity contribution in [1.82, 2.24) is 8.87 Å². The first kappa shape index (κ1) is 19.1. The Morgan fingerprint density at radius 2 is 1.59 bits per heavy atom. The smallest absolute Gasteiger partial charge is 0.250 e. The molecule has 1 aromatic heterocycles. The van der Waals surface area contributed by atoms with E-state index in [4.69, 9.17) is 0 Å². The fourth-order valence-corrected chi connectivity index (χ4v) is 7.28. The average Bonchev–Trinajstić information content (AvgIpc) is 2.75. The van der Waals surface area contributed by atoms with Crippen LogP contribution in [-0.2, 0) is 16.6 Å². The summed E-state index contributed by atoms with van der Waals surface area (Å²) in [6.07, 6.45) is 7.10. The van der Waals surface area contributed by atoms with Gasteiger partial charge in [0.1, 0.15) is 0 Å². The van der Waals surface area contributed by atoms with Crippen LogP contribution in [0.25, 0.3) is 0 Å². The molecule has 2 bridgehead atoms. The molecule has 2 atom stereocenters. The third-order valence-electron chi connectivity index (χ3n) is 7.02. The summed E-state index contributed by atoms with van der Waals surface area (Å²) in [7, 11) is -3.51. The molecular weight excluding hydrogens is 384 g/mol. The molecule has 1 aromatic carbocycles. The molecule has 2 aromatic rings. The minimum atomic E-state index is -3.51. The Labute approximate surface area is 172 Å². The van der Waals surface area contributed by atoms with E-state index < -0.39 is 10.0 Å². The van der Waals surface area contributed by atoms with Crippen molar-refractivity contribution in [2.45, 2.75) is 61.8 Å². The second kappa shape index (κ2) is 7.40. The highest BCUT2D eigenvalue weighted by atomic mass is 32.2. The first-order valence-corrected chi connectivity index (χ1v) is 12.3. The molecule has 3 aliphatic rings. The fourth-order valence-electron chi connectivity index (χ4n) is 5.70. The zero-order valence-electron chi connectivity index (χ0n) is 16.7. The number of hydrogen-bond donors (Lipinski definition) is 0. The van der Waals surface area contributed by atoms with Gasteiger partial charge >= 0.3 is 0 Å². The van der Waals surface area contributed by atoms with Crippen molar-refractivity contribution < 1.29 is 8.42 Å². The summed E-state index contributed by atoms with van der Waals surface area (Å²) in [5, 5.41) is 0. The number of fused-ring (bicyclic) bond motifs is 4. The van der Waals surface area contributed by atoms with Crippen LogP contribution in [0.3, 0.4) is 0 Å². The quantitative estimate of drug-likeness (QED) is 0.772. The van der Waals surface area contributed by atoms with E-state index in [1.54, 1.807) is 34.6 Å². The summed E-state index contributed by atoms with van der Waals surface area (Å²) >= 11 is 0. The molecule has 0 radical (unpaired) electrons. The zero-order valence-corrected chi connectivity index (χ0v) is 17.5. The van der Waals surface area contributed by atoms with Gasteiger partial charge in [0.05, 0.1) is 4.90 Å². The molecule has 1 saturated carbocycles. The van der Waals surface area contributed by atoms with Crippen LogP contribution in [0.15, 0.2) is 52.2 Å². The topological polar surface area (TPSA) is 59.4 Å². The number of nitrogens with zero attached hydrogens (tertiary/aromatic N) is 2. The molecule has 1 saturated heterocycles.